The molecule has 4 aromatic rings. The third kappa shape index (κ3) is 20.4. The zero-order valence-corrected chi connectivity index (χ0v) is 41.3. The number of phenolic OH excluding ortho intramolecular Hbond substituents is 2. The molecule has 22 heteroatoms. The molecule has 396 valence electrons. The Kier molecular flexibility index (Phi) is 23.5. The Balaban J connectivity index is 1.40. The first kappa shape index (κ1) is 58.2. The smallest absolute Gasteiger partial charge is 0.243 e. The van der Waals surface area contributed by atoms with Crippen molar-refractivity contribution in [1.29, 1.82) is 0 Å². The van der Waals surface area contributed by atoms with Gasteiger partial charge in [-0.2, -0.15) is 0 Å². The Labute approximate surface area is 428 Å². The highest BCUT2D eigenvalue weighted by atomic mass is 16.3. The molecule has 0 heterocycles. The molecule has 16 N–H and O–H groups in total. The lowest BCUT2D eigenvalue weighted by Crippen LogP contribution is -2.58. The zero-order valence-electron chi connectivity index (χ0n) is 41.3. The molecule has 0 unspecified atom stereocenters. The Hall–Kier alpha value is -8.37. The van der Waals surface area contributed by atoms with E-state index in [2.05, 4.69) is 42.5 Å². The van der Waals surface area contributed by atoms with Crippen LogP contribution in [0.15, 0.2) is 109 Å². The van der Waals surface area contributed by atoms with Crippen LogP contribution in [-0.4, -0.2) is 125 Å². The number of rotatable bonds is 29. The standard InChI is InChI=1S/C52H67N11O11/c1-31(58-49(71)39(54)25-35-16-20-37(64)21-17-35)47(69)56-29-45(67)61-42(27-34-13-7-4-8-14-34)52(74)63-43(28-36-18-22-38(65)23-19-36)50(72)59-32(2)48(70)57-30-44(66)60-41(26-33-11-5-3-6-12-33)51(73)62-40(46(55)68)15-9-10-24-53/h3-8,11-14,16-23,31-32,39-43,64-65H,9-10,15,24-30,53-54H2,1-2H3,(H2,55,68)(H,56,69)(H,57,70)(H,58,71)(H,59,72)(H,60,66)(H,61,67)(H,62,73)(H,63,74)/t31-,32-,39+,40+,41+,42+,43+/m1/s1. The Bertz CT molecular complexity index is 2520. The molecule has 4 rings (SSSR count). The van der Waals surface area contributed by atoms with Crippen molar-refractivity contribution in [3.8, 4) is 11.5 Å². The second-order valence-corrected chi connectivity index (χ2v) is 17.7. The summed E-state index contributed by atoms with van der Waals surface area (Å²) < 4.78 is 0. The van der Waals surface area contributed by atoms with Crippen molar-refractivity contribution < 1.29 is 53.4 Å². The van der Waals surface area contributed by atoms with E-state index in [9.17, 15) is 53.4 Å². The average Bonchev–Trinajstić information content (AvgIpc) is 3.37. The van der Waals surface area contributed by atoms with Crippen LogP contribution < -0.4 is 59.7 Å². The minimum absolute atomic E-state index is 0.0368. The summed E-state index contributed by atoms with van der Waals surface area (Å²) in [7, 11) is 0. The van der Waals surface area contributed by atoms with Crippen LogP contribution in [0, 0.1) is 0 Å². The maximum absolute atomic E-state index is 14.1. The fourth-order valence-corrected chi connectivity index (χ4v) is 7.39. The number of carbonyl (C=O) groups is 9. The van der Waals surface area contributed by atoms with E-state index in [-0.39, 0.29) is 43.6 Å². The van der Waals surface area contributed by atoms with E-state index in [4.69, 9.17) is 17.2 Å². The fourth-order valence-electron chi connectivity index (χ4n) is 7.39. The van der Waals surface area contributed by atoms with Crippen LogP contribution in [0.5, 0.6) is 11.5 Å². The van der Waals surface area contributed by atoms with Crippen LogP contribution in [0.1, 0.15) is 55.4 Å². The minimum Gasteiger partial charge on any atom is -0.508 e. The molecule has 0 aliphatic heterocycles. The monoisotopic (exact) mass is 1020 g/mol. The van der Waals surface area contributed by atoms with Gasteiger partial charge in [0.05, 0.1) is 19.1 Å². The van der Waals surface area contributed by atoms with E-state index in [0.717, 1.165) is 0 Å². The van der Waals surface area contributed by atoms with Crippen molar-refractivity contribution in [2.45, 2.75) is 101 Å². The van der Waals surface area contributed by atoms with Crippen LogP contribution in [0.2, 0.25) is 0 Å². The highest BCUT2D eigenvalue weighted by molar-refractivity contribution is 5.97. The largest absolute Gasteiger partial charge is 0.508 e. The van der Waals surface area contributed by atoms with Crippen molar-refractivity contribution in [3.63, 3.8) is 0 Å². The van der Waals surface area contributed by atoms with Crippen LogP contribution in [-0.2, 0) is 68.8 Å². The van der Waals surface area contributed by atoms with Crippen molar-refractivity contribution in [3.05, 3.63) is 131 Å². The van der Waals surface area contributed by atoms with Gasteiger partial charge in [-0.25, -0.2) is 0 Å². The average molecular weight is 1020 g/mol. The van der Waals surface area contributed by atoms with Gasteiger partial charge < -0.3 is 69.9 Å². The summed E-state index contributed by atoms with van der Waals surface area (Å²) >= 11 is 0. The maximum Gasteiger partial charge on any atom is 0.243 e. The van der Waals surface area contributed by atoms with Gasteiger partial charge in [0.1, 0.15) is 47.8 Å². The van der Waals surface area contributed by atoms with Crippen molar-refractivity contribution in [2.75, 3.05) is 19.6 Å². The number of hydrogen-bond donors (Lipinski definition) is 13. The molecule has 0 radical (unpaired) electrons. The number of aromatic hydroxyl groups is 2. The summed E-state index contributed by atoms with van der Waals surface area (Å²) in [5, 5.41) is 39.8. The molecule has 22 nitrogen and oxygen atoms in total. The first-order valence-corrected chi connectivity index (χ1v) is 24.1. The molecule has 0 bridgehead atoms. The van der Waals surface area contributed by atoms with Gasteiger partial charge >= 0.3 is 0 Å². The summed E-state index contributed by atoms with van der Waals surface area (Å²) in [4.78, 5) is 119. The number of amides is 9. The minimum atomic E-state index is -1.37. The van der Waals surface area contributed by atoms with Crippen LogP contribution >= 0.6 is 0 Å². The fraction of sp³-hybridized carbons (Fsp3) is 0.365. The van der Waals surface area contributed by atoms with Crippen molar-refractivity contribution >= 4 is 53.2 Å². The number of nitrogens with two attached hydrogens (primary N) is 3. The highest BCUT2D eigenvalue weighted by Gasteiger charge is 2.31. The van der Waals surface area contributed by atoms with Crippen LogP contribution in [0.4, 0.5) is 0 Å². The van der Waals surface area contributed by atoms with E-state index >= 15 is 0 Å². The second kappa shape index (κ2) is 29.8. The molecule has 7 atom stereocenters. The van der Waals surface area contributed by atoms with E-state index < -0.39 is 109 Å². The molecule has 4 aromatic carbocycles. The first-order valence-electron chi connectivity index (χ1n) is 24.1. The molecule has 0 spiro atoms. The van der Waals surface area contributed by atoms with Crippen molar-refractivity contribution in [1.82, 2.24) is 42.5 Å². The van der Waals surface area contributed by atoms with E-state index in [1.165, 1.54) is 50.2 Å². The van der Waals surface area contributed by atoms with Gasteiger partial charge in [0.2, 0.25) is 53.2 Å². The number of phenols is 2. The number of benzene rings is 4. The molecule has 0 aromatic heterocycles. The van der Waals surface area contributed by atoms with E-state index in [0.29, 0.717) is 41.6 Å². The first-order chi connectivity index (χ1) is 35.3. The number of nitrogens with one attached hydrogen (secondary N) is 8. The number of carbonyl (C=O) groups excluding carboxylic acids is 9. The number of primary amides is 1. The normalized spacial score (nSPS) is 13.7. The Morgan fingerprint density at radius 3 is 1.23 bits per heavy atom. The molecule has 0 aliphatic rings. The molecule has 0 aliphatic carbocycles. The van der Waals surface area contributed by atoms with Gasteiger partial charge in [-0.1, -0.05) is 84.9 Å². The molecule has 9 amide bonds. The number of hydrogen-bond acceptors (Lipinski definition) is 13. The summed E-state index contributed by atoms with van der Waals surface area (Å²) in [6, 6.07) is 21.1. The molecule has 0 saturated carbocycles. The van der Waals surface area contributed by atoms with Gasteiger partial charge in [-0.15, -0.1) is 0 Å². The molecule has 74 heavy (non-hydrogen) atoms. The molecular weight excluding hydrogens is 955 g/mol. The van der Waals surface area contributed by atoms with Gasteiger partial charge in [-0.3, -0.25) is 43.2 Å². The summed E-state index contributed by atoms with van der Waals surface area (Å²) in [5.41, 5.74) is 19.7. The lowest BCUT2D eigenvalue weighted by molar-refractivity contribution is -0.134. The van der Waals surface area contributed by atoms with E-state index in [1.54, 1.807) is 72.8 Å². The summed E-state index contributed by atoms with van der Waals surface area (Å²) in [5.74, 6) is -6.79. The van der Waals surface area contributed by atoms with Crippen LogP contribution in [0.25, 0.3) is 0 Å². The van der Waals surface area contributed by atoms with Gasteiger partial charge in [0, 0.05) is 19.3 Å². The zero-order chi connectivity index (χ0) is 54.2. The third-order valence-electron chi connectivity index (χ3n) is 11.6. The van der Waals surface area contributed by atoms with Crippen molar-refractivity contribution in [2.24, 2.45) is 17.2 Å². The topological polar surface area (TPSA) is 368 Å². The quantitative estimate of drug-likeness (QED) is 0.0276. The summed E-state index contributed by atoms with van der Waals surface area (Å²) in [6.07, 6.45) is 1.32. The van der Waals surface area contributed by atoms with Crippen LogP contribution in [0.3, 0.4) is 0 Å². The molecular formula is C52H67N11O11. The van der Waals surface area contributed by atoms with E-state index in [1.807, 2.05) is 0 Å². The maximum atomic E-state index is 14.1. The predicted octanol–water partition coefficient (Wildman–Crippen LogP) is -1.51. The SMILES string of the molecule is C[C@@H](NC(=O)[C@H](Cc1ccc(O)cc1)NC(=O)[C@H](Cc1ccccc1)NC(=O)CNC(=O)[C@@H](C)NC(=O)[C@@H](N)Cc1ccc(O)cc1)C(=O)NCC(=O)N[C@@H](Cc1ccccc1)C(=O)N[C@@H](CCCCN)C(N)=O. The van der Waals surface area contributed by atoms with Gasteiger partial charge in [0.25, 0.3) is 0 Å². The van der Waals surface area contributed by atoms with Gasteiger partial charge in [0.15, 0.2) is 0 Å². The Morgan fingerprint density at radius 2 is 0.811 bits per heavy atom. The van der Waals surface area contributed by atoms with Gasteiger partial charge in [-0.05, 0) is 92.6 Å². The summed E-state index contributed by atoms with van der Waals surface area (Å²) in [6.45, 7) is 1.90. The Morgan fingerprint density at radius 1 is 0.446 bits per heavy atom. The highest BCUT2D eigenvalue weighted by Crippen LogP contribution is 2.14. The number of unbranched alkanes of at least 4 members (excludes halogenated alkanes) is 1. The molecule has 0 saturated heterocycles. The third-order valence-corrected chi connectivity index (χ3v) is 11.6. The lowest BCUT2D eigenvalue weighted by Gasteiger charge is -2.25. The lowest BCUT2D eigenvalue weighted by atomic mass is 10.0. The molecule has 0 fully saturated rings. The second-order valence-electron chi connectivity index (χ2n) is 17.7. The predicted molar refractivity (Wildman–Crippen MR) is 273 cm³/mol.